The lowest BCUT2D eigenvalue weighted by atomic mass is 10.1. The van der Waals surface area contributed by atoms with Crippen LogP contribution in [0.4, 0.5) is 0 Å². The van der Waals surface area contributed by atoms with E-state index < -0.39 is 0 Å². The third-order valence-corrected chi connectivity index (χ3v) is 2.23. The number of hydrogen-bond donors (Lipinski definition) is 0. The molecule has 0 N–H and O–H groups in total. The Kier molecular flexibility index (Phi) is 2.15. The Labute approximate surface area is 58.7 Å². The third kappa shape index (κ3) is 1.70. The normalized spacial score (nSPS) is 27.3. The first-order valence-electron chi connectivity index (χ1n) is 4.11. The maximum Gasteiger partial charge on any atom is -0.0181 e. The SMILES string of the molecule is CCCC1C[C]1C(C)C. The molecule has 0 aromatic carbocycles. The molecule has 53 valence electrons. The molecule has 0 amide bonds. The summed E-state index contributed by atoms with van der Waals surface area (Å²) in [5, 5.41) is 0. The van der Waals surface area contributed by atoms with Crippen molar-refractivity contribution in [3.63, 3.8) is 0 Å². The van der Waals surface area contributed by atoms with Gasteiger partial charge in [-0.15, -0.1) is 0 Å². The van der Waals surface area contributed by atoms with Gasteiger partial charge in [0.25, 0.3) is 0 Å². The Morgan fingerprint density at radius 1 is 1.56 bits per heavy atom. The molecule has 0 aliphatic heterocycles. The summed E-state index contributed by atoms with van der Waals surface area (Å²) in [6.45, 7) is 6.90. The molecule has 0 aromatic rings. The zero-order chi connectivity index (χ0) is 6.85. The molecule has 1 radical (unpaired) electrons. The summed E-state index contributed by atoms with van der Waals surface area (Å²) < 4.78 is 0. The molecular weight excluding hydrogens is 108 g/mol. The molecule has 1 unspecified atom stereocenters. The predicted molar refractivity (Wildman–Crippen MR) is 41.1 cm³/mol. The van der Waals surface area contributed by atoms with Gasteiger partial charge >= 0.3 is 0 Å². The van der Waals surface area contributed by atoms with Crippen molar-refractivity contribution in [2.45, 2.75) is 40.0 Å². The highest BCUT2D eigenvalue weighted by atomic mass is 14.4. The van der Waals surface area contributed by atoms with Gasteiger partial charge < -0.3 is 0 Å². The van der Waals surface area contributed by atoms with Crippen molar-refractivity contribution >= 4 is 0 Å². The second-order valence-corrected chi connectivity index (χ2v) is 3.42. The highest BCUT2D eigenvalue weighted by Gasteiger charge is 2.38. The Morgan fingerprint density at radius 3 is 2.56 bits per heavy atom. The molecule has 0 bridgehead atoms. The van der Waals surface area contributed by atoms with Crippen molar-refractivity contribution in [1.29, 1.82) is 0 Å². The van der Waals surface area contributed by atoms with Crippen LogP contribution in [0.3, 0.4) is 0 Å². The molecule has 1 aliphatic carbocycles. The van der Waals surface area contributed by atoms with Crippen LogP contribution in [0.1, 0.15) is 40.0 Å². The molecule has 0 heteroatoms. The Morgan fingerprint density at radius 2 is 2.22 bits per heavy atom. The summed E-state index contributed by atoms with van der Waals surface area (Å²) in [5.41, 5.74) is 0. The van der Waals surface area contributed by atoms with E-state index in [9.17, 15) is 0 Å². The lowest BCUT2D eigenvalue weighted by Crippen LogP contribution is -1.89. The monoisotopic (exact) mass is 125 g/mol. The van der Waals surface area contributed by atoms with E-state index in [4.69, 9.17) is 0 Å². The van der Waals surface area contributed by atoms with Gasteiger partial charge in [-0.25, -0.2) is 0 Å². The fourth-order valence-corrected chi connectivity index (χ4v) is 1.57. The van der Waals surface area contributed by atoms with Crippen LogP contribution in [0.2, 0.25) is 0 Å². The number of hydrogen-bond acceptors (Lipinski definition) is 0. The summed E-state index contributed by atoms with van der Waals surface area (Å²) in [4.78, 5) is 0. The average Bonchev–Trinajstić information content (AvgIpc) is 2.47. The van der Waals surface area contributed by atoms with Crippen molar-refractivity contribution in [3.8, 4) is 0 Å². The first-order valence-corrected chi connectivity index (χ1v) is 4.11. The Balaban J connectivity index is 2.09. The van der Waals surface area contributed by atoms with E-state index in [-0.39, 0.29) is 0 Å². The van der Waals surface area contributed by atoms with Crippen LogP contribution >= 0.6 is 0 Å². The van der Waals surface area contributed by atoms with Gasteiger partial charge in [0.15, 0.2) is 0 Å². The van der Waals surface area contributed by atoms with Crippen LogP contribution in [0.15, 0.2) is 0 Å². The first kappa shape index (κ1) is 7.11. The smallest absolute Gasteiger partial charge is 0.0181 e. The van der Waals surface area contributed by atoms with Gasteiger partial charge in [0.05, 0.1) is 0 Å². The van der Waals surface area contributed by atoms with Gasteiger partial charge in [-0.05, 0) is 24.2 Å². The molecular formula is C9H17. The van der Waals surface area contributed by atoms with E-state index in [0.717, 1.165) is 11.8 Å². The molecule has 0 aromatic heterocycles. The van der Waals surface area contributed by atoms with Crippen molar-refractivity contribution in [3.05, 3.63) is 5.92 Å². The summed E-state index contributed by atoms with van der Waals surface area (Å²) in [6.07, 6.45) is 4.24. The number of rotatable bonds is 3. The zero-order valence-corrected chi connectivity index (χ0v) is 6.78. The minimum absolute atomic E-state index is 0.863. The summed E-state index contributed by atoms with van der Waals surface area (Å²) in [6, 6.07) is 0. The van der Waals surface area contributed by atoms with E-state index in [2.05, 4.69) is 20.8 Å². The van der Waals surface area contributed by atoms with E-state index >= 15 is 0 Å². The van der Waals surface area contributed by atoms with Gasteiger partial charge in [0.1, 0.15) is 0 Å². The molecule has 1 aliphatic rings. The van der Waals surface area contributed by atoms with E-state index in [1.165, 1.54) is 19.3 Å². The Bertz CT molecular complexity index is 84.0. The molecule has 0 spiro atoms. The van der Waals surface area contributed by atoms with Crippen LogP contribution in [0.25, 0.3) is 0 Å². The first-order chi connectivity index (χ1) is 4.25. The molecule has 0 saturated heterocycles. The maximum absolute atomic E-state index is 2.31. The fraction of sp³-hybridized carbons (Fsp3) is 0.889. The van der Waals surface area contributed by atoms with E-state index in [1.54, 1.807) is 0 Å². The molecule has 9 heavy (non-hydrogen) atoms. The summed E-state index contributed by atoms with van der Waals surface area (Å²) >= 11 is 0. The van der Waals surface area contributed by atoms with Gasteiger partial charge in [0.2, 0.25) is 0 Å². The van der Waals surface area contributed by atoms with Crippen molar-refractivity contribution in [2.75, 3.05) is 0 Å². The van der Waals surface area contributed by atoms with Crippen LogP contribution in [0, 0.1) is 17.8 Å². The molecule has 1 saturated carbocycles. The molecule has 0 nitrogen and oxygen atoms in total. The quantitative estimate of drug-likeness (QED) is 0.544. The van der Waals surface area contributed by atoms with Gasteiger partial charge in [-0.3, -0.25) is 0 Å². The van der Waals surface area contributed by atoms with Crippen LogP contribution in [-0.4, -0.2) is 0 Å². The van der Waals surface area contributed by atoms with Crippen molar-refractivity contribution < 1.29 is 0 Å². The maximum atomic E-state index is 2.31. The molecule has 1 fully saturated rings. The second kappa shape index (κ2) is 2.72. The summed E-state index contributed by atoms with van der Waals surface area (Å²) in [7, 11) is 0. The Hall–Kier alpha value is 0. The third-order valence-electron chi connectivity index (χ3n) is 2.23. The average molecular weight is 125 g/mol. The van der Waals surface area contributed by atoms with Crippen LogP contribution in [0.5, 0.6) is 0 Å². The van der Waals surface area contributed by atoms with Gasteiger partial charge in [0, 0.05) is 0 Å². The fourth-order valence-electron chi connectivity index (χ4n) is 1.57. The minimum Gasteiger partial charge on any atom is -0.0654 e. The van der Waals surface area contributed by atoms with E-state index in [1.807, 2.05) is 5.92 Å². The van der Waals surface area contributed by atoms with Crippen LogP contribution < -0.4 is 0 Å². The van der Waals surface area contributed by atoms with Gasteiger partial charge in [-0.1, -0.05) is 33.6 Å². The minimum atomic E-state index is 0.863. The standard InChI is InChI=1S/C9H17/c1-4-5-8-6-9(8)7(2)3/h7-8H,4-6H2,1-3H3. The van der Waals surface area contributed by atoms with E-state index in [0.29, 0.717) is 0 Å². The van der Waals surface area contributed by atoms with Gasteiger partial charge in [-0.2, -0.15) is 0 Å². The highest BCUT2D eigenvalue weighted by molar-refractivity contribution is 5.15. The molecule has 0 heterocycles. The largest absolute Gasteiger partial charge is 0.0654 e. The zero-order valence-electron chi connectivity index (χ0n) is 6.78. The molecule has 1 atom stereocenters. The topological polar surface area (TPSA) is 0 Å². The van der Waals surface area contributed by atoms with Crippen LogP contribution in [-0.2, 0) is 0 Å². The highest BCUT2D eigenvalue weighted by Crippen LogP contribution is 2.48. The lowest BCUT2D eigenvalue weighted by molar-refractivity contribution is 0.649. The summed E-state index contributed by atoms with van der Waals surface area (Å²) in [5.74, 6) is 3.70. The second-order valence-electron chi connectivity index (χ2n) is 3.42. The van der Waals surface area contributed by atoms with Crippen molar-refractivity contribution in [2.24, 2.45) is 11.8 Å². The molecule has 1 rings (SSSR count). The predicted octanol–water partition coefficient (Wildman–Crippen LogP) is 3.04. The van der Waals surface area contributed by atoms with Crippen molar-refractivity contribution in [1.82, 2.24) is 0 Å². The lowest BCUT2D eigenvalue weighted by Gasteiger charge is -1.99.